The minimum absolute atomic E-state index is 0.0148. The number of nitrogens with zero attached hydrogens (tertiary/aromatic N) is 4. The zero-order valence-corrected chi connectivity index (χ0v) is 20.4. The number of hydrogen-bond donors (Lipinski definition) is 2. The fraction of sp³-hybridized carbons (Fsp3) is 0.280. The molecule has 11 heteroatoms. The first-order chi connectivity index (χ1) is 17.2. The summed E-state index contributed by atoms with van der Waals surface area (Å²) >= 11 is 0. The average molecular weight is 508 g/mol. The highest BCUT2D eigenvalue weighted by Gasteiger charge is 2.41. The molecule has 2 heterocycles. The number of aryl methyl sites for hydroxylation is 1. The number of hydrogen-bond acceptors (Lipinski definition) is 6. The highest BCUT2D eigenvalue weighted by Crippen LogP contribution is 2.26. The van der Waals surface area contributed by atoms with Crippen molar-refractivity contribution in [2.24, 2.45) is 7.05 Å². The quantitative estimate of drug-likeness (QED) is 0.474. The predicted molar refractivity (Wildman–Crippen MR) is 130 cm³/mol. The standard InChI is InChI=1S/C25H25N5O5S/c1-29-15-23(27-16-29)36(34,35)30-12-4-7-22(30)24(31)28-21(25(32)33)13-17-8-10-18(11-9-17)20-6-3-2-5-19(20)14-26/h2-3,5-6,8-11,15-16,21-22H,4,7,12-13H2,1H3,(H,28,31)(H,32,33)/t21-,22-/m0/s1. The van der Waals surface area contributed by atoms with Gasteiger partial charge in [-0.2, -0.15) is 9.57 Å². The second kappa shape index (κ2) is 10.3. The first-order valence-corrected chi connectivity index (χ1v) is 12.8. The van der Waals surface area contributed by atoms with Gasteiger partial charge in [0.05, 0.1) is 18.0 Å². The number of benzene rings is 2. The number of rotatable bonds is 8. The van der Waals surface area contributed by atoms with Gasteiger partial charge >= 0.3 is 5.97 Å². The fourth-order valence-electron chi connectivity index (χ4n) is 4.29. The molecular formula is C25H25N5O5S. The van der Waals surface area contributed by atoms with Crippen LogP contribution in [0.4, 0.5) is 0 Å². The summed E-state index contributed by atoms with van der Waals surface area (Å²) in [6.07, 6.45) is 3.51. The van der Waals surface area contributed by atoms with Crippen molar-refractivity contribution >= 4 is 21.9 Å². The Balaban J connectivity index is 1.48. The van der Waals surface area contributed by atoms with Crippen LogP contribution in [0, 0.1) is 11.3 Å². The maximum absolute atomic E-state index is 13.0. The van der Waals surface area contributed by atoms with Crippen molar-refractivity contribution in [3.63, 3.8) is 0 Å². The third-order valence-corrected chi connectivity index (χ3v) is 7.92. The van der Waals surface area contributed by atoms with E-state index in [0.717, 1.165) is 15.4 Å². The van der Waals surface area contributed by atoms with E-state index in [4.69, 9.17) is 0 Å². The van der Waals surface area contributed by atoms with Crippen molar-refractivity contribution in [2.45, 2.75) is 36.4 Å². The Bertz CT molecular complexity index is 1430. The van der Waals surface area contributed by atoms with Crippen molar-refractivity contribution in [1.29, 1.82) is 5.26 Å². The Morgan fingerprint density at radius 3 is 2.58 bits per heavy atom. The molecule has 4 rings (SSSR count). The molecule has 186 valence electrons. The van der Waals surface area contributed by atoms with Crippen molar-refractivity contribution in [3.05, 3.63) is 72.2 Å². The highest BCUT2D eigenvalue weighted by atomic mass is 32.2. The van der Waals surface area contributed by atoms with Gasteiger partial charge in [0.1, 0.15) is 12.1 Å². The van der Waals surface area contributed by atoms with Gasteiger partial charge in [0.2, 0.25) is 5.91 Å². The zero-order valence-electron chi connectivity index (χ0n) is 19.5. The molecule has 0 bridgehead atoms. The number of amides is 1. The molecule has 10 nitrogen and oxygen atoms in total. The summed E-state index contributed by atoms with van der Waals surface area (Å²) < 4.78 is 28.6. The molecule has 1 fully saturated rings. The molecule has 2 aromatic carbocycles. The number of carboxylic acid groups (broad SMARTS) is 1. The zero-order chi connectivity index (χ0) is 25.9. The van der Waals surface area contributed by atoms with Crippen LogP contribution in [0.5, 0.6) is 0 Å². The lowest BCUT2D eigenvalue weighted by Crippen LogP contribution is -2.51. The number of carbonyl (C=O) groups is 2. The number of nitriles is 1. The smallest absolute Gasteiger partial charge is 0.326 e. The lowest BCUT2D eigenvalue weighted by molar-refractivity contribution is -0.142. The van der Waals surface area contributed by atoms with E-state index < -0.39 is 34.0 Å². The number of carboxylic acids is 1. The highest BCUT2D eigenvalue weighted by molar-refractivity contribution is 7.89. The second-order valence-electron chi connectivity index (χ2n) is 8.61. The van der Waals surface area contributed by atoms with Gasteiger partial charge in [-0.25, -0.2) is 18.2 Å². The van der Waals surface area contributed by atoms with E-state index >= 15 is 0 Å². The molecule has 2 atom stereocenters. The van der Waals surface area contributed by atoms with Crippen LogP contribution in [-0.2, 0) is 33.1 Å². The summed E-state index contributed by atoms with van der Waals surface area (Å²) in [6.45, 7) is 0.153. The van der Waals surface area contributed by atoms with Gasteiger partial charge in [-0.1, -0.05) is 42.5 Å². The molecule has 0 unspecified atom stereocenters. The monoisotopic (exact) mass is 507 g/mol. The number of imidazole rings is 1. The molecule has 1 aliphatic heterocycles. The topological polar surface area (TPSA) is 145 Å². The number of carbonyl (C=O) groups excluding carboxylic acids is 1. The molecule has 3 aromatic rings. The van der Waals surface area contributed by atoms with Crippen molar-refractivity contribution < 1.29 is 23.1 Å². The SMILES string of the molecule is Cn1cnc(S(=O)(=O)N2CCC[C@H]2C(=O)N[C@@H](Cc2ccc(-c3ccccc3C#N)cc2)C(=O)O)c1. The first kappa shape index (κ1) is 25.1. The average Bonchev–Trinajstić information content (AvgIpc) is 3.54. The maximum atomic E-state index is 13.0. The predicted octanol–water partition coefficient (Wildman–Crippen LogP) is 1.92. The molecule has 0 radical (unpaired) electrons. The molecule has 0 spiro atoms. The van der Waals surface area contributed by atoms with Gasteiger partial charge in [0.15, 0.2) is 5.03 Å². The molecule has 1 amide bonds. The van der Waals surface area contributed by atoms with E-state index in [9.17, 15) is 28.4 Å². The van der Waals surface area contributed by atoms with Crippen molar-refractivity contribution in [2.75, 3.05) is 6.54 Å². The third kappa shape index (κ3) is 5.15. The Morgan fingerprint density at radius 2 is 1.94 bits per heavy atom. The minimum Gasteiger partial charge on any atom is -0.480 e. The van der Waals surface area contributed by atoms with E-state index in [1.807, 2.05) is 12.1 Å². The minimum atomic E-state index is -3.99. The van der Waals surface area contributed by atoms with Gasteiger partial charge < -0.3 is 15.0 Å². The summed E-state index contributed by atoms with van der Waals surface area (Å²) in [6, 6.07) is 14.2. The molecule has 1 aliphatic rings. The van der Waals surface area contributed by atoms with Crippen LogP contribution in [0.1, 0.15) is 24.0 Å². The van der Waals surface area contributed by atoms with E-state index in [-0.39, 0.29) is 24.4 Å². The third-order valence-electron chi connectivity index (χ3n) is 6.13. The molecule has 0 saturated carbocycles. The molecule has 1 saturated heterocycles. The van der Waals surface area contributed by atoms with Crippen LogP contribution < -0.4 is 5.32 Å². The summed E-state index contributed by atoms with van der Waals surface area (Å²) in [4.78, 5) is 28.9. The van der Waals surface area contributed by atoms with Gasteiger partial charge in [-0.05, 0) is 35.6 Å². The van der Waals surface area contributed by atoms with E-state index in [2.05, 4.69) is 16.4 Å². The summed E-state index contributed by atoms with van der Waals surface area (Å²) in [7, 11) is -2.35. The summed E-state index contributed by atoms with van der Waals surface area (Å²) in [5.41, 5.74) is 2.78. The summed E-state index contributed by atoms with van der Waals surface area (Å²) in [5, 5.41) is 21.4. The van der Waals surface area contributed by atoms with Crippen LogP contribution in [-0.4, -0.2) is 57.9 Å². The van der Waals surface area contributed by atoms with Gasteiger partial charge in [0, 0.05) is 26.2 Å². The van der Waals surface area contributed by atoms with E-state index in [1.54, 1.807) is 43.4 Å². The largest absolute Gasteiger partial charge is 0.480 e. The van der Waals surface area contributed by atoms with Gasteiger partial charge in [0.25, 0.3) is 10.0 Å². The number of sulfonamides is 1. The first-order valence-electron chi connectivity index (χ1n) is 11.3. The maximum Gasteiger partial charge on any atom is 0.326 e. The van der Waals surface area contributed by atoms with E-state index in [1.165, 1.54) is 17.1 Å². The Hall–Kier alpha value is -4.01. The van der Waals surface area contributed by atoms with Crippen LogP contribution in [0.15, 0.2) is 66.1 Å². The number of aromatic nitrogens is 2. The Morgan fingerprint density at radius 1 is 1.22 bits per heavy atom. The lowest BCUT2D eigenvalue weighted by atomic mass is 9.97. The number of nitrogens with one attached hydrogen (secondary N) is 1. The second-order valence-corrected chi connectivity index (χ2v) is 10.4. The number of aliphatic carboxylic acids is 1. The van der Waals surface area contributed by atoms with Crippen LogP contribution in [0.3, 0.4) is 0 Å². The summed E-state index contributed by atoms with van der Waals surface area (Å²) in [5.74, 6) is -1.88. The van der Waals surface area contributed by atoms with Crippen LogP contribution in [0.2, 0.25) is 0 Å². The molecule has 2 N–H and O–H groups in total. The Kier molecular flexibility index (Phi) is 7.19. The van der Waals surface area contributed by atoms with Crippen molar-refractivity contribution in [3.8, 4) is 17.2 Å². The van der Waals surface area contributed by atoms with Crippen LogP contribution >= 0.6 is 0 Å². The van der Waals surface area contributed by atoms with Gasteiger partial charge in [-0.15, -0.1) is 0 Å². The molecule has 36 heavy (non-hydrogen) atoms. The fourth-order valence-corrected chi connectivity index (χ4v) is 5.91. The van der Waals surface area contributed by atoms with Crippen LogP contribution in [0.25, 0.3) is 11.1 Å². The molecular weight excluding hydrogens is 482 g/mol. The lowest BCUT2D eigenvalue weighted by Gasteiger charge is -2.24. The van der Waals surface area contributed by atoms with Crippen molar-refractivity contribution in [1.82, 2.24) is 19.2 Å². The normalized spacial score (nSPS) is 16.8. The Labute approximate surface area is 208 Å². The molecule has 0 aliphatic carbocycles. The van der Waals surface area contributed by atoms with Gasteiger partial charge in [-0.3, -0.25) is 4.79 Å². The molecule has 1 aromatic heterocycles. The van der Waals surface area contributed by atoms with E-state index in [0.29, 0.717) is 17.5 Å².